The first-order valence-electron chi connectivity index (χ1n) is 4.42. The zero-order valence-corrected chi connectivity index (χ0v) is 9.75. The molecular weight excluding hydrogens is 191 g/mol. The van der Waals surface area contributed by atoms with Gasteiger partial charge in [0.1, 0.15) is 0 Å². The molecule has 0 aromatic rings. The number of hydrogen-bond acceptors (Lipinski definition) is 4. The van der Waals surface area contributed by atoms with Crippen molar-refractivity contribution < 1.29 is 18.7 Å². The van der Waals surface area contributed by atoms with Gasteiger partial charge in [-0.05, 0) is 34.6 Å². The van der Waals surface area contributed by atoms with Crippen LogP contribution in [0.2, 0.25) is 0 Å². The van der Waals surface area contributed by atoms with Gasteiger partial charge in [0.2, 0.25) is 0 Å². The Kier molecular flexibility index (Phi) is 5.15. The molecule has 4 nitrogen and oxygen atoms in total. The summed E-state index contributed by atoms with van der Waals surface area (Å²) in [6, 6.07) is 0. The van der Waals surface area contributed by atoms with Gasteiger partial charge in [0.25, 0.3) is 0 Å². The van der Waals surface area contributed by atoms with Crippen molar-refractivity contribution in [1.29, 1.82) is 0 Å². The maximum atomic E-state index is 11.8. The van der Waals surface area contributed by atoms with Gasteiger partial charge < -0.3 is 14.2 Å². The molecule has 0 unspecified atom stereocenters. The second kappa shape index (κ2) is 5.11. The summed E-state index contributed by atoms with van der Waals surface area (Å²) >= 11 is 0. The van der Waals surface area contributed by atoms with Crippen molar-refractivity contribution >= 4 is 7.60 Å². The summed E-state index contributed by atoms with van der Waals surface area (Å²) in [6.07, 6.45) is -0.446. The van der Waals surface area contributed by atoms with Crippen molar-refractivity contribution in [2.24, 2.45) is 0 Å². The smallest absolute Gasteiger partial charge is 0.359 e. The van der Waals surface area contributed by atoms with E-state index in [9.17, 15) is 9.67 Å². The van der Waals surface area contributed by atoms with Gasteiger partial charge in [-0.2, -0.15) is 0 Å². The Bertz CT molecular complexity index is 175. The SMILES string of the molecule is CC(C)OP(=O)(OC(C)C)[C@H](C)O. The van der Waals surface area contributed by atoms with E-state index in [1.165, 1.54) is 6.92 Å². The lowest BCUT2D eigenvalue weighted by atomic mass is 10.5. The van der Waals surface area contributed by atoms with Crippen molar-refractivity contribution in [3.63, 3.8) is 0 Å². The Morgan fingerprint density at radius 3 is 1.46 bits per heavy atom. The van der Waals surface area contributed by atoms with E-state index in [2.05, 4.69) is 0 Å². The van der Waals surface area contributed by atoms with Crippen LogP contribution in [0.4, 0.5) is 0 Å². The van der Waals surface area contributed by atoms with Crippen LogP contribution in [0, 0.1) is 0 Å². The molecule has 0 spiro atoms. The van der Waals surface area contributed by atoms with Crippen molar-refractivity contribution in [2.45, 2.75) is 52.7 Å². The third kappa shape index (κ3) is 4.77. The molecule has 0 heterocycles. The Morgan fingerprint density at radius 2 is 1.31 bits per heavy atom. The van der Waals surface area contributed by atoms with Gasteiger partial charge in [-0.25, -0.2) is 0 Å². The van der Waals surface area contributed by atoms with Gasteiger partial charge in [-0.3, -0.25) is 4.57 Å². The summed E-state index contributed by atoms with van der Waals surface area (Å²) in [6.45, 7) is 8.40. The maximum Gasteiger partial charge on any atom is 0.359 e. The Morgan fingerprint density at radius 1 is 1.00 bits per heavy atom. The largest absolute Gasteiger partial charge is 0.381 e. The quantitative estimate of drug-likeness (QED) is 0.708. The van der Waals surface area contributed by atoms with E-state index in [0.717, 1.165) is 0 Å². The van der Waals surface area contributed by atoms with Gasteiger partial charge in [-0.15, -0.1) is 0 Å². The van der Waals surface area contributed by atoms with E-state index in [-0.39, 0.29) is 12.2 Å². The van der Waals surface area contributed by atoms with E-state index in [1.807, 2.05) is 0 Å². The standard InChI is InChI=1S/C8H19O4P/c1-6(2)11-13(10,8(5)9)12-7(3)4/h6-9H,1-5H3/t8-/m1/s1. The van der Waals surface area contributed by atoms with Gasteiger partial charge in [0.05, 0.1) is 12.2 Å². The predicted molar refractivity (Wildman–Crippen MR) is 51.7 cm³/mol. The van der Waals surface area contributed by atoms with Gasteiger partial charge in [0.15, 0.2) is 5.85 Å². The van der Waals surface area contributed by atoms with E-state index in [1.54, 1.807) is 27.7 Å². The van der Waals surface area contributed by atoms with Crippen molar-refractivity contribution in [3.8, 4) is 0 Å². The van der Waals surface area contributed by atoms with Crippen molar-refractivity contribution in [3.05, 3.63) is 0 Å². The molecule has 0 aliphatic rings. The minimum absolute atomic E-state index is 0.223. The fourth-order valence-corrected chi connectivity index (χ4v) is 2.37. The van der Waals surface area contributed by atoms with E-state index in [0.29, 0.717) is 0 Å². The summed E-state index contributed by atoms with van der Waals surface area (Å²) in [4.78, 5) is 0. The second-order valence-corrected chi connectivity index (χ2v) is 5.73. The first kappa shape index (κ1) is 13.1. The minimum atomic E-state index is -3.35. The van der Waals surface area contributed by atoms with Gasteiger partial charge in [0, 0.05) is 0 Å². The lowest BCUT2D eigenvalue weighted by Crippen LogP contribution is -2.15. The van der Waals surface area contributed by atoms with Crippen LogP contribution in [0.25, 0.3) is 0 Å². The average Bonchev–Trinajstić information content (AvgIpc) is 1.82. The normalized spacial score (nSPS) is 15.4. The van der Waals surface area contributed by atoms with Crippen LogP contribution >= 0.6 is 7.60 Å². The van der Waals surface area contributed by atoms with E-state index >= 15 is 0 Å². The molecule has 0 aromatic heterocycles. The topological polar surface area (TPSA) is 55.8 Å². The third-order valence-corrected chi connectivity index (χ3v) is 3.52. The molecule has 0 radical (unpaired) electrons. The number of aliphatic hydroxyl groups is 1. The first-order valence-corrected chi connectivity index (χ1v) is 6.03. The van der Waals surface area contributed by atoms with Gasteiger partial charge in [-0.1, -0.05) is 0 Å². The molecule has 80 valence electrons. The molecule has 1 atom stereocenters. The highest BCUT2D eigenvalue weighted by atomic mass is 31.2. The van der Waals surface area contributed by atoms with E-state index < -0.39 is 13.4 Å². The zero-order valence-electron chi connectivity index (χ0n) is 8.85. The van der Waals surface area contributed by atoms with Crippen LogP contribution in [-0.4, -0.2) is 23.2 Å². The summed E-state index contributed by atoms with van der Waals surface area (Å²) < 4.78 is 22.0. The second-order valence-electron chi connectivity index (χ2n) is 3.48. The van der Waals surface area contributed by atoms with Crippen LogP contribution in [0.5, 0.6) is 0 Å². The number of rotatable bonds is 5. The summed E-state index contributed by atoms with van der Waals surface area (Å²) in [7, 11) is -3.35. The summed E-state index contributed by atoms with van der Waals surface area (Å²) in [5.41, 5.74) is 0. The predicted octanol–water partition coefficient (Wildman–Crippen LogP) is 2.37. The lowest BCUT2D eigenvalue weighted by molar-refractivity contribution is 0.106. The molecule has 13 heavy (non-hydrogen) atoms. The van der Waals surface area contributed by atoms with Crippen LogP contribution in [-0.2, 0) is 13.6 Å². The lowest BCUT2D eigenvalue weighted by Gasteiger charge is -2.24. The van der Waals surface area contributed by atoms with Crippen LogP contribution < -0.4 is 0 Å². The molecule has 0 bridgehead atoms. The third-order valence-electron chi connectivity index (χ3n) is 1.17. The van der Waals surface area contributed by atoms with E-state index in [4.69, 9.17) is 9.05 Å². The molecule has 0 aromatic carbocycles. The Labute approximate surface area is 79.8 Å². The molecule has 1 N–H and O–H groups in total. The summed E-state index contributed by atoms with van der Waals surface area (Å²) in [5.74, 6) is -1.09. The molecule has 0 amide bonds. The van der Waals surface area contributed by atoms with Crippen LogP contribution in [0.1, 0.15) is 34.6 Å². The van der Waals surface area contributed by atoms with Gasteiger partial charge >= 0.3 is 7.60 Å². The number of aliphatic hydroxyl groups excluding tert-OH is 1. The molecule has 5 heteroatoms. The summed E-state index contributed by atoms with van der Waals surface area (Å²) in [5, 5.41) is 9.26. The molecule has 0 aliphatic carbocycles. The highest BCUT2D eigenvalue weighted by molar-refractivity contribution is 7.54. The highest BCUT2D eigenvalue weighted by Gasteiger charge is 2.33. The Hall–Kier alpha value is 0.110. The highest BCUT2D eigenvalue weighted by Crippen LogP contribution is 2.53. The van der Waals surface area contributed by atoms with Crippen LogP contribution in [0.3, 0.4) is 0 Å². The molecular formula is C8H19O4P. The number of hydrogen-bond donors (Lipinski definition) is 1. The van der Waals surface area contributed by atoms with Crippen LogP contribution in [0.15, 0.2) is 0 Å². The Balaban J connectivity index is 4.45. The average molecular weight is 210 g/mol. The minimum Gasteiger partial charge on any atom is -0.381 e. The monoisotopic (exact) mass is 210 g/mol. The molecule has 0 saturated carbocycles. The zero-order chi connectivity index (χ0) is 10.6. The maximum absolute atomic E-state index is 11.8. The fraction of sp³-hybridized carbons (Fsp3) is 1.00. The molecule has 0 aliphatic heterocycles. The van der Waals surface area contributed by atoms with Crippen molar-refractivity contribution in [2.75, 3.05) is 0 Å². The molecule has 0 saturated heterocycles. The van der Waals surface area contributed by atoms with Crippen molar-refractivity contribution in [1.82, 2.24) is 0 Å². The first-order chi connectivity index (χ1) is 5.78. The molecule has 0 rings (SSSR count). The molecule has 0 fully saturated rings. The fourth-order valence-electron chi connectivity index (χ4n) is 0.789.